The number of hydrogen-bond donors (Lipinski definition) is 1. The van der Waals surface area contributed by atoms with Gasteiger partial charge in [0.2, 0.25) is 0 Å². The Balaban J connectivity index is 1.29. The Kier molecular flexibility index (Phi) is 5.42. The second-order valence-corrected chi connectivity index (χ2v) is 8.25. The number of urea groups is 1. The summed E-state index contributed by atoms with van der Waals surface area (Å²) in [4.78, 5) is 18.7. The zero-order chi connectivity index (χ0) is 18.6. The van der Waals surface area contributed by atoms with Crippen LogP contribution in [-0.2, 0) is 0 Å². The van der Waals surface area contributed by atoms with Crippen LogP contribution in [0.15, 0.2) is 29.6 Å². The number of nitrogens with zero attached hydrogens (tertiary/aromatic N) is 5. The SMILES string of the molecule is CC1CCN(c2ccc(N3CCN(C(=O)Nc4cccs4)CC3)nn2)CC1. The summed E-state index contributed by atoms with van der Waals surface area (Å²) in [5.41, 5.74) is 0. The quantitative estimate of drug-likeness (QED) is 0.878. The topological polar surface area (TPSA) is 64.6 Å². The van der Waals surface area contributed by atoms with Crippen LogP contribution in [0.4, 0.5) is 21.4 Å². The average molecular weight is 387 g/mol. The molecule has 0 aliphatic carbocycles. The van der Waals surface area contributed by atoms with Crippen LogP contribution in [0, 0.1) is 5.92 Å². The zero-order valence-electron chi connectivity index (χ0n) is 15.7. The third-order valence-corrected chi connectivity index (χ3v) is 6.17. The molecule has 0 radical (unpaired) electrons. The summed E-state index contributed by atoms with van der Waals surface area (Å²) in [7, 11) is 0. The number of thiophene rings is 1. The summed E-state index contributed by atoms with van der Waals surface area (Å²) in [6.07, 6.45) is 2.44. The molecule has 2 aromatic rings. The predicted molar refractivity (Wildman–Crippen MR) is 110 cm³/mol. The van der Waals surface area contributed by atoms with Gasteiger partial charge in [0.15, 0.2) is 11.6 Å². The summed E-state index contributed by atoms with van der Waals surface area (Å²) < 4.78 is 0. The molecule has 2 aromatic heterocycles. The Morgan fingerprint density at radius 3 is 2.19 bits per heavy atom. The van der Waals surface area contributed by atoms with Crippen LogP contribution in [-0.4, -0.2) is 60.4 Å². The number of piperidine rings is 1. The van der Waals surface area contributed by atoms with Gasteiger partial charge in [-0.15, -0.1) is 21.5 Å². The van der Waals surface area contributed by atoms with Crippen molar-refractivity contribution in [2.45, 2.75) is 19.8 Å². The van der Waals surface area contributed by atoms with Gasteiger partial charge in [0, 0.05) is 39.3 Å². The molecular weight excluding hydrogens is 360 g/mol. The van der Waals surface area contributed by atoms with Crippen molar-refractivity contribution in [3.05, 3.63) is 29.6 Å². The average Bonchev–Trinajstić information content (AvgIpc) is 3.22. The minimum Gasteiger partial charge on any atom is -0.355 e. The van der Waals surface area contributed by atoms with Crippen molar-refractivity contribution >= 4 is 34.0 Å². The first-order valence-electron chi connectivity index (χ1n) is 9.62. The lowest BCUT2D eigenvalue weighted by molar-refractivity contribution is 0.208. The van der Waals surface area contributed by atoms with Crippen molar-refractivity contribution in [3.8, 4) is 0 Å². The number of rotatable bonds is 3. The van der Waals surface area contributed by atoms with E-state index in [4.69, 9.17) is 0 Å². The second-order valence-electron chi connectivity index (χ2n) is 7.30. The minimum absolute atomic E-state index is 0.0298. The van der Waals surface area contributed by atoms with Gasteiger partial charge in [-0.25, -0.2) is 4.79 Å². The van der Waals surface area contributed by atoms with Gasteiger partial charge in [-0.2, -0.15) is 0 Å². The summed E-state index contributed by atoms with van der Waals surface area (Å²) in [5, 5.41) is 14.7. The number of aromatic nitrogens is 2. The first-order chi connectivity index (χ1) is 13.2. The molecule has 0 bridgehead atoms. The molecule has 4 rings (SSSR count). The van der Waals surface area contributed by atoms with Gasteiger partial charge in [-0.1, -0.05) is 6.92 Å². The normalized spacial score (nSPS) is 18.6. The van der Waals surface area contributed by atoms with E-state index in [-0.39, 0.29) is 6.03 Å². The lowest BCUT2D eigenvalue weighted by Crippen LogP contribution is -2.50. The summed E-state index contributed by atoms with van der Waals surface area (Å²) in [6.45, 7) is 7.35. The first kappa shape index (κ1) is 18.0. The summed E-state index contributed by atoms with van der Waals surface area (Å²) >= 11 is 1.53. The fourth-order valence-corrected chi connectivity index (χ4v) is 4.17. The third kappa shape index (κ3) is 4.32. The fourth-order valence-electron chi connectivity index (χ4n) is 3.57. The largest absolute Gasteiger partial charge is 0.355 e. The van der Waals surface area contributed by atoms with Gasteiger partial charge in [-0.3, -0.25) is 5.32 Å². The molecular formula is C19H26N6OS. The summed E-state index contributed by atoms with van der Waals surface area (Å²) in [5.74, 6) is 2.67. The highest BCUT2D eigenvalue weighted by Crippen LogP contribution is 2.22. The smallest absolute Gasteiger partial charge is 0.322 e. The Morgan fingerprint density at radius 1 is 1.00 bits per heavy atom. The fraction of sp³-hybridized carbons (Fsp3) is 0.526. The minimum atomic E-state index is -0.0298. The number of anilines is 3. The summed E-state index contributed by atoms with van der Waals surface area (Å²) in [6, 6.07) is 7.96. The van der Waals surface area contributed by atoms with Gasteiger partial charge in [0.25, 0.3) is 0 Å². The van der Waals surface area contributed by atoms with E-state index in [9.17, 15) is 4.79 Å². The highest BCUT2D eigenvalue weighted by Gasteiger charge is 2.23. The van der Waals surface area contributed by atoms with E-state index < -0.39 is 0 Å². The number of amides is 2. The van der Waals surface area contributed by atoms with Crippen LogP contribution in [0.1, 0.15) is 19.8 Å². The third-order valence-electron chi connectivity index (χ3n) is 5.39. The Hall–Kier alpha value is -2.35. The highest BCUT2D eigenvalue weighted by molar-refractivity contribution is 7.14. The Bertz CT molecular complexity index is 734. The van der Waals surface area contributed by atoms with Crippen molar-refractivity contribution < 1.29 is 4.79 Å². The molecule has 2 aliphatic rings. The number of carbonyl (C=O) groups is 1. The molecule has 0 atom stereocenters. The van der Waals surface area contributed by atoms with Crippen molar-refractivity contribution in [2.24, 2.45) is 5.92 Å². The van der Waals surface area contributed by atoms with Gasteiger partial charge in [-0.05, 0) is 48.4 Å². The van der Waals surface area contributed by atoms with Crippen LogP contribution in [0.5, 0.6) is 0 Å². The maximum Gasteiger partial charge on any atom is 0.322 e. The zero-order valence-corrected chi connectivity index (χ0v) is 16.5. The van der Waals surface area contributed by atoms with Crippen LogP contribution >= 0.6 is 11.3 Å². The molecule has 0 saturated carbocycles. The van der Waals surface area contributed by atoms with Crippen LogP contribution < -0.4 is 15.1 Å². The predicted octanol–water partition coefficient (Wildman–Crippen LogP) is 3.13. The molecule has 0 aromatic carbocycles. The van der Waals surface area contributed by atoms with E-state index in [1.165, 1.54) is 24.2 Å². The molecule has 2 aliphatic heterocycles. The molecule has 0 spiro atoms. The van der Waals surface area contributed by atoms with Crippen LogP contribution in [0.3, 0.4) is 0 Å². The Morgan fingerprint density at radius 2 is 1.63 bits per heavy atom. The number of hydrogen-bond acceptors (Lipinski definition) is 6. The van der Waals surface area contributed by atoms with Crippen molar-refractivity contribution in [1.29, 1.82) is 0 Å². The van der Waals surface area contributed by atoms with Crippen LogP contribution in [0.25, 0.3) is 0 Å². The van der Waals surface area contributed by atoms with Gasteiger partial charge >= 0.3 is 6.03 Å². The van der Waals surface area contributed by atoms with Gasteiger partial charge < -0.3 is 14.7 Å². The molecule has 2 amide bonds. The van der Waals surface area contributed by atoms with Crippen molar-refractivity contribution in [1.82, 2.24) is 15.1 Å². The lowest BCUT2D eigenvalue weighted by Gasteiger charge is -2.35. The Labute approximate surface area is 164 Å². The number of carbonyl (C=O) groups excluding carboxylic acids is 1. The maximum atomic E-state index is 12.3. The van der Waals surface area contributed by atoms with Crippen molar-refractivity contribution in [3.63, 3.8) is 0 Å². The van der Waals surface area contributed by atoms with E-state index in [2.05, 4.69) is 44.4 Å². The molecule has 4 heterocycles. The molecule has 27 heavy (non-hydrogen) atoms. The highest BCUT2D eigenvalue weighted by atomic mass is 32.1. The monoisotopic (exact) mass is 386 g/mol. The molecule has 144 valence electrons. The maximum absolute atomic E-state index is 12.3. The number of piperazine rings is 1. The van der Waals surface area contributed by atoms with Crippen molar-refractivity contribution in [2.75, 3.05) is 54.4 Å². The van der Waals surface area contributed by atoms with E-state index in [0.717, 1.165) is 48.7 Å². The second kappa shape index (κ2) is 8.12. The molecule has 7 nitrogen and oxygen atoms in total. The van der Waals surface area contributed by atoms with Crippen LogP contribution in [0.2, 0.25) is 0 Å². The first-order valence-corrected chi connectivity index (χ1v) is 10.5. The molecule has 0 unspecified atom stereocenters. The molecule has 8 heteroatoms. The van der Waals surface area contributed by atoms with E-state index in [1.807, 2.05) is 22.4 Å². The molecule has 1 N–H and O–H groups in total. The van der Waals surface area contributed by atoms with Gasteiger partial charge in [0.05, 0.1) is 5.00 Å². The number of nitrogens with one attached hydrogen (secondary N) is 1. The lowest BCUT2D eigenvalue weighted by atomic mass is 9.99. The van der Waals surface area contributed by atoms with Gasteiger partial charge in [0.1, 0.15) is 0 Å². The van der Waals surface area contributed by atoms with E-state index in [1.54, 1.807) is 0 Å². The standard InChI is InChI=1S/C19H26N6OS/c1-15-6-8-23(9-7-15)16-4-5-17(22-21-16)24-10-12-25(13-11-24)19(26)20-18-3-2-14-27-18/h2-5,14-15H,6-13H2,1H3,(H,20,26). The molecule has 2 fully saturated rings. The van der Waals surface area contributed by atoms with E-state index in [0.29, 0.717) is 13.1 Å². The van der Waals surface area contributed by atoms with E-state index >= 15 is 0 Å². The molecule has 2 saturated heterocycles.